The number of hydrogen-bond acceptors (Lipinski definition) is 2. The molecule has 1 heterocycles. The number of thiocarbonyl (C=S) groups is 1. The zero-order valence-electron chi connectivity index (χ0n) is 8.97. The van der Waals surface area contributed by atoms with Crippen molar-refractivity contribution in [3.8, 4) is 0 Å². The van der Waals surface area contributed by atoms with Crippen LogP contribution in [0.5, 0.6) is 0 Å². The Balaban J connectivity index is 2.65. The lowest BCUT2D eigenvalue weighted by Gasteiger charge is -2.12. The number of nitrogens with one attached hydrogen (secondary N) is 2. The van der Waals surface area contributed by atoms with Gasteiger partial charge in [0, 0.05) is 16.7 Å². The van der Waals surface area contributed by atoms with Crippen LogP contribution in [-0.2, 0) is 0 Å². The summed E-state index contributed by atoms with van der Waals surface area (Å²) in [4.78, 5) is 4.20. The molecule has 0 aliphatic rings. The number of aromatic nitrogens is 1. The van der Waals surface area contributed by atoms with Crippen molar-refractivity contribution in [3.05, 3.63) is 22.3 Å². The third-order valence-corrected chi connectivity index (χ3v) is 2.76. The SMILES string of the molecule is Cc1cc(NC(=S)NC(C)C)ncc1Br. The van der Waals surface area contributed by atoms with Crippen LogP contribution in [0.2, 0.25) is 0 Å². The molecule has 0 saturated carbocycles. The Morgan fingerprint density at radius 2 is 2.20 bits per heavy atom. The Morgan fingerprint density at radius 1 is 1.53 bits per heavy atom. The van der Waals surface area contributed by atoms with Crippen molar-refractivity contribution in [3.63, 3.8) is 0 Å². The lowest BCUT2D eigenvalue weighted by Crippen LogP contribution is -2.34. The summed E-state index contributed by atoms with van der Waals surface area (Å²) in [6.45, 7) is 6.08. The minimum absolute atomic E-state index is 0.321. The molecule has 82 valence electrons. The van der Waals surface area contributed by atoms with Crippen molar-refractivity contribution in [1.29, 1.82) is 0 Å². The third-order valence-electron chi connectivity index (χ3n) is 1.71. The largest absolute Gasteiger partial charge is 0.360 e. The number of hydrogen-bond donors (Lipinski definition) is 2. The van der Waals surface area contributed by atoms with Crippen LogP contribution in [0, 0.1) is 6.92 Å². The van der Waals surface area contributed by atoms with E-state index in [0.717, 1.165) is 15.9 Å². The molecule has 0 aromatic carbocycles. The minimum Gasteiger partial charge on any atom is -0.360 e. The first-order chi connectivity index (χ1) is 6.99. The van der Waals surface area contributed by atoms with Gasteiger partial charge in [-0.3, -0.25) is 0 Å². The van der Waals surface area contributed by atoms with Gasteiger partial charge in [0.05, 0.1) is 0 Å². The van der Waals surface area contributed by atoms with E-state index in [0.29, 0.717) is 11.2 Å². The molecule has 0 aliphatic carbocycles. The highest BCUT2D eigenvalue weighted by Gasteiger charge is 2.02. The predicted molar refractivity (Wildman–Crippen MR) is 71.2 cm³/mol. The molecule has 15 heavy (non-hydrogen) atoms. The van der Waals surface area contributed by atoms with Gasteiger partial charge in [-0.25, -0.2) is 4.98 Å². The molecule has 5 heteroatoms. The molecular weight excluding hydrogens is 274 g/mol. The average Bonchev–Trinajstić information content (AvgIpc) is 2.10. The highest BCUT2D eigenvalue weighted by molar-refractivity contribution is 9.10. The number of aryl methyl sites for hydroxylation is 1. The van der Waals surface area contributed by atoms with Crippen LogP contribution in [0.4, 0.5) is 5.82 Å². The van der Waals surface area contributed by atoms with Crippen LogP contribution >= 0.6 is 28.1 Å². The number of nitrogens with zero attached hydrogens (tertiary/aromatic N) is 1. The maximum Gasteiger partial charge on any atom is 0.172 e. The van der Waals surface area contributed by atoms with Gasteiger partial charge >= 0.3 is 0 Å². The smallest absolute Gasteiger partial charge is 0.172 e. The predicted octanol–water partition coefficient (Wildman–Crippen LogP) is 2.85. The second-order valence-electron chi connectivity index (χ2n) is 3.57. The molecule has 0 unspecified atom stereocenters. The lowest BCUT2D eigenvalue weighted by atomic mass is 10.3. The summed E-state index contributed by atoms with van der Waals surface area (Å²) in [6.07, 6.45) is 1.76. The molecule has 0 aliphatic heterocycles. The van der Waals surface area contributed by atoms with E-state index in [2.05, 4.69) is 31.5 Å². The second-order valence-corrected chi connectivity index (χ2v) is 4.83. The molecule has 3 nitrogen and oxygen atoms in total. The highest BCUT2D eigenvalue weighted by atomic mass is 79.9. The number of pyridine rings is 1. The maximum atomic E-state index is 5.11. The fourth-order valence-electron chi connectivity index (χ4n) is 1.02. The normalized spacial score (nSPS) is 10.2. The van der Waals surface area contributed by atoms with Crippen LogP contribution < -0.4 is 10.6 Å². The van der Waals surface area contributed by atoms with Crippen molar-refractivity contribution in [2.75, 3.05) is 5.32 Å². The first kappa shape index (κ1) is 12.4. The number of halogens is 1. The average molecular weight is 288 g/mol. The van der Waals surface area contributed by atoms with E-state index in [1.807, 2.05) is 26.8 Å². The van der Waals surface area contributed by atoms with Gasteiger partial charge in [0.15, 0.2) is 5.11 Å². The first-order valence-electron chi connectivity index (χ1n) is 4.68. The van der Waals surface area contributed by atoms with E-state index in [1.165, 1.54) is 0 Å². The van der Waals surface area contributed by atoms with Crippen LogP contribution in [-0.4, -0.2) is 16.1 Å². The molecule has 0 atom stereocenters. The van der Waals surface area contributed by atoms with Crippen molar-refractivity contribution in [2.24, 2.45) is 0 Å². The van der Waals surface area contributed by atoms with E-state index in [1.54, 1.807) is 6.20 Å². The second kappa shape index (κ2) is 5.42. The molecule has 0 bridgehead atoms. The number of rotatable bonds is 2. The van der Waals surface area contributed by atoms with E-state index >= 15 is 0 Å². The van der Waals surface area contributed by atoms with Gasteiger partial charge in [0.25, 0.3) is 0 Å². The van der Waals surface area contributed by atoms with Gasteiger partial charge in [0.1, 0.15) is 5.82 Å². The van der Waals surface area contributed by atoms with E-state index in [-0.39, 0.29) is 0 Å². The molecule has 0 spiro atoms. The Hall–Kier alpha value is -0.680. The Morgan fingerprint density at radius 3 is 2.73 bits per heavy atom. The van der Waals surface area contributed by atoms with Gasteiger partial charge in [-0.05, 0) is 60.5 Å². The fourth-order valence-corrected chi connectivity index (χ4v) is 1.58. The van der Waals surface area contributed by atoms with Gasteiger partial charge in [-0.15, -0.1) is 0 Å². The fraction of sp³-hybridized carbons (Fsp3) is 0.400. The Bertz CT molecular complexity index is 366. The molecule has 0 fully saturated rings. The quantitative estimate of drug-likeness (QED) is 0.821. The van der Waals surface area contributed by atoms with E-state index in [4.69, 9.17) is 12.2 Å². The van der Waals surface area contributed by atoms with Crippen LogP contribution in [0.1, 0.15) is 19.4 Å². The monoisotopic (exact) mass is 287 g/mol. The summed E-state index contributed by atoms with van der Waals surface area (Å²) >= 11 is 8.51. The van der Waals surface area contributed by atoms with Gasteiger partial charge in [-0.1, -0.05) is 0 Å². The van der Waals surface area contributed by atoms with Crippen molar-refractivity contribution >= 4 is 39.1 Å². The minimum atomic E-state index is 0.321. The van der Waals surface area contributed by atoms with Crippen LogP contribution in [0.25, 0.3) is 0 Å². The van der Waals surface area contributed by atoms with Crippen molar-refractivity contribution < 1.29 is 0 Å². The summed E-state index contributed by atoms with van der Waals surface area (Å²) in [6, 6.07) is 2.26. The summed E-state index contributed by atoms with van der Waals surface area (Å²) < 4.78 is 0.996. The molecule has 2 N–H and O–H groups in total. The molecule has 1 aromatic heterocycles. The molecule has 0 radical (unpaired) electrons. The summed E-state index contributed by atoms with van der Waals surface area (Å²) in [7, 11) is 0. The van der Waals surface area contributed by atoms with Gasteiger partial charge < -0.3 is 10.6 Å². The number of anilines is 1. The Kier molecular flexibility index (Phi) is 4.47. The lowest BCUT2D eigenvalue weighted by molar-refractivity contribution is 0.739. The van der Waals surface area contributed by atoms with Crippen molar-refractivity contribution in [2.45, 2.75) is 26.8 Å². The van der Waals surface area contributed by atoms with Crippen LogP contribution in [0.3, 0.4) is 0 Å². The molecule has 1 rings (SSSR count). The zero-order chi connectivity index (χ0) is 11.4. The summed E-state index contributed by atoms with van der Waals surface area (Å²) in [5, 5.41) is 6.72. The Labute approximate surface area is 104 Å². The van der Waals surface area contributed by atoms with Gasteiger partial charge in [-0.2, -0.15) is 0 Å². The third kappa shape index (κ3) is 4.13. The highest BCUT2D eigenvalue weighted by Crippen LogP contribution is 2.16. The topological polar surface area (TPSA) is 37.0 Å². The van der Waals surface area contributed by atoms with Gasteiger partial charge in [0.2, 0.25) is 0 Å². The summed E-state index contributed by atoms with van der Waals surface area (Å²) in [5.74, 6) is 0.758. The zero-order valence-corrected chi connectivity index (χ0v) is 11.4. The van der Waals surface area contributed by atoms with Crippen LogP contribution in [0.15, 0.2) is 16.7 Å². The van der Waals surface area contributed by atoms with Crippen molar-refractivity contribution in [1.82, 2.24) is 10.3 Å². The molecule has 0 saturated heterocycles. The van der Waals surface area contributed by atoms with E-state index < -0.39 is 0 Å². The standard InChI is InChI=1S/C10H14BrN3S/c1-6(2)13-10(15)14-9-4-7(3)8(11)5-12-9/h4-6H,1-3H3,(H2,12,13,14,15). The summed E-state index contributed by atoms with van der Waals surface area (Å²) in [5.41, 5.74) is 1.12. The van der Waals surface area contributed by atoms with E-state index in [9.17, 15) is 0 Å². The molecular formula is C10H14BrN3S. The first-order valence-corrected chi connectivity index (χ1v) is 5.89. The molecule has 0 amide bonds. The maximum absolute atomic E-state index is 5.11. The molecule has 1 aromatic rings.